The van der Waals surface area contributed by atoms with E-state index in [1.54, 1.807) is 20.8 Å². The van der Waals surface area contributed by atoms with Crippen LogP contribution in [0.1, 0.15) is 31.7 Å². The number of aliphatic hydroxyl groups excluding tert-OH is 1. The second-order valence-corrected chi connectivity index (χ2v) is 7.67. The Hall–Kier alpha value is -3.62. The van der Waals surface area contributed by atoms with Crippen molar-refractivity contribution in [2.75, 3.05) is 6.54 Å². The number of aromatic nitrogens is 1. The number of benzene rings is 1. The fraction of sp³-hybridized carbons (Fsp3) is 0.333. The minimum absolute atomic E-state index is 0.0350. The molecule has 9 nitrogen and oxygen atoms in total. The Kier molecular flexibility index (Phi) is 5.64. The van der Waals surface area contributed by atoms with Crippen molar-refractivity contribution in [3.05, 3.63) is 53.1 Å². The zero-order chi connectivity index (χ0) is 22.1. The van der Waals surface area contributed by atoms with Crippen molar-refractivity contribution < 1.29 is 29.0 Å². The third-order valence-electron chi connectivity index (χ3n) is 4.92. The number of carboxylic acids is 1. The standard InChI is InChI=1S/C21H23N3O6/c1-12-15(30-19(23-12)13-7-5-4-6-8-13)11-24-20(29)17(14(25)9-21(24,2)3)18(28)22-10-16(26)27/h4-8,25H,9-11H2,1-3H3,(H,22,28)(H,26,27). The second kappa shape index (κ2) is 8.02. The van der Waals surface area contributed by atoms with Gasteiger partial charge < -0.3 is 24.8 Å². The SMILES string of the molecule is Cc1nc(-c2ccccc2)oc1CN1C(=O)C(C(=O)NCC(=O)O)=C(O)CC1(C)C. The Morgan fingerprint density at radius 1 is 1.27 bits per heavy atom. The van der Waals surface area contributed by atoms with E-state index in [0.29, 0.717) is 17.3 Å². The van der Waals surface area contributed by atoms with E-state index in [1.807, 2.05) is 30.3 Å². The number of hydrogen-bond donors (Lipinski definition) is 3. The molecule has 0 saturated heterocycles. The summed E-state index contributed by atoms with van der Waals surface area (Å²) >= 11 is 0. The molecule has 158 valence electrons. The monoisotopic (exact) mass is 413 g/mol. The van der Waals surface area contributed by atoms with E-state index in [1.165, 1.54) is 4.90 Å². The maximum Gasteiger partial charge on any atom is 0.322 e. The number of rotatable bonds is 6. The van der Waals surface area contributed by atoms with E-state index in [2.05, 4.69) is 10.3 Å². The normalized spacial score (nSPS) is 16.0. The molecule has 0 saturated carbocycles. The van der Waals surface area contributed by atoms with E-state index in [-0.39, 0.29) is 18.7 Å². The summed E-state index contributed by atoms with van der Waals surface area (Å²) in [6.45, 7) is 4.67. The first kappa shape index (κ1) is 21.1. The molecule has 3 N–H and O–H groups in total. The summed E-state index contributed by atoms with van der Waals surface area (Å²) in [6.07, 6.45) is 0.0350. The summed E-state index contributed by atoms with van der Waals surface area (Å²) in [6, 6.07) is 9.32. The molecule has 0 atom stereocenters. The number of aliphatic carboxylic acids is 1. The molecule has 0 spiro atoms. The average molecular weight is 413 g/mol. The van der Waals surface area contributed by atoms with Gasteiger partial charge in [-0.1, -0.05) is 18.2 Å². The van der Waals surface area contributed by atoms with E-state index >= 15 is 0 Å². The molecule has 3 rings (SSSR count). The van der Waals surface area contributed by atoms with Gasteiger partial charge in [0.25, 0.3) is 11.8 Å². The van der Waals surface area contributed by atoms with Crippen LogP contribution in [0.15, 0.2) is 46.1 Å². The summed E-state index contributed by atoms with van der Waals surface area (Å²) in [5.41, 5.74) is 0.135. The smallest absolute Gasteiger partial charge is 0.322 e. The maximum absolute atomic E-state index is 13.1. The van der Waals surface area contributed by atoms with Gasteiger partial charge in [-0.3, -0.25) is 14.4 Å². The molecule has 30 heavy (non-hydrogen) atoms. The number of carbonyl (C=O) groups excluding carboxylic acids is 2. The molecule has 2 aromatic rings. The molecule has 0 fully saturated rings. The average Bonchev–Trinajstić information content (AvgIpc) is 3.04. The van der Waals surface area contributed by atoms with Crippen LogP contribution < -0.4 is 5.32 Å². The van der Waals surface area contributed by atoms with E-state index < -0.39 is 35.4 Å². The molecule has 2 amide bonds. The summed E-state index contributed by atoms with van der Waals surface area (Å²) in [7, 11) is 0. The van der Waals surface area contributed by atoms with Gasteiger partial charge in [-0.05, 0) is 32.9 Å². The maximum atomic E-state index is 13.1. The van der Waals surface area contributed by atoms with Crippen LogP contribution in [0.5, 0.6) is 0 Å². The number of aliphatic hydroxyl groups is 1. The van der Waals surface area contributed by atoms with E-state index in [9.17, 15) is 19.5 Å². The van der Waals surface area contributed by atoms with Crippen LogP contribution in [0.3, 0.4) is 0 Å². The molecular formula is C21H23N3O6. The number of amides is 2. The van der Waals surface area contributed by atoms with Crippen molar-refractivity contribution in [2.45, 2.75) is 39.3 Å². The summed E-state index contributed by atoms with van der Waals surface area (Å²) in [5.74, 6) is -2.38. The van der Waals surface area contributed by atoms with Crippen molar-refractivity contribution in [1.29, 1.82) is 0 Å². The lowest BCUT2D eigenvalue weighted by atomic mass is 9.89. The Morgan fingerprint density at radius 2 is 1.93 bits per heavy atom. The molecule has 1 aromatic heterocycles. The number of hydrogen-bond acceptors (Lipinski definition) is 6. The first-order chi connectivity index (χ1) is 14.1. The van der Waals surface area contributed by atoms with Crippen LogP contribution >= 0.6 is 0 Å². The number of aryl methyl sites for hydroxylation is 1. The lowest BCUT2D eigenvalue weighted by Crippen LogP contribution is -2.53. The van der Waals surface area contributed by atoms with Gasteiger partial charge in [0.15, 0.2) is 0 Å². The Bertz CT molecular complexity index is 1020. The summed E-state index contributed by atoms with van der Waals surface area (Å²) < 4.78 is 5.88. The molecule has 1 aliphatic rings. The van der Waals surface area contributed by atoms with Crippen LogP contribution in [-0.4, -0.2) is 50.0 Å². The fourth-order valence-electron chi connectivity index (χ4n) is 3.31. The van der Waals surface area contributed by atoms with Gasteiger partial charge in [0, 0.05) is 17.5 Å². The zero-order valence-corrected chi connectivity index (χ0v) is 16.9. The van der Waals surface area contributed by atoms with Crippen molar-refractivity contribution in [3.63, 3.8) is 0 Å². The predicted octanol–water partition coefficient (Wildman–Crippen LogP) is 2.17. The van der Waals surface area contributed by atoms with Crippen LogP contribution in [0.2, 0.25) is 0 Å². The van der Waals surface area contributed by atoms with Crippen LogP contribution in [0, 0.1) is 6.92 Å². The van der Waals surface area contributed by atoms with Crippen LogP contribution in [0.4, 0.5) is 0 Å². The zero-order valence-electron chi connectivity index (χ0n) is 16.9. The third-order valence-corrected chi connectivity index (χ3v) is 4.92. The first-order valence-electron chi connectivity index (χ1n) is 9.36. The number of carboxylic acid groups (broad SMARTS) is 1. The molecule has 2 heterocycles. The van der Waals surface area contributed by atoms with Gasteiger partial charge in [0.2, 0.25) is 5.89 Å². The van der Waals surface area contributed by atoms with E-state index in [0.717, 1.165) is 5.56 Å². The fourth-order valence-corrected chi connectivity index (χ4v) is 3.31. The van der Waals surface area contributed by atoms with Crippen molar-refractivity contribution in [3.8, 4) is 11.5 Å². The molecule has 0 unspecified atom stereocenters. The highest BCUT2D eigenvalue weighted by Crippen LogP contribution is 2.34. The second-order valence-electron chi connectivity index (χ2n) is 7.67. The molecule has 0 bridgehead atoms. The third kappa shape index (κ3) is 4.19. The van der Waals surface area contributed by atoms with Gasteiger partial charge in [0.05, 0.1) is 12.2 Å². The largest absolute Gasteiger partial charge is 0.511 e. The summed E-state index contributed by atoms with van der Waals surface area (Å²) in [4.78, 5) is 41.9. The Labute approximate surface area is 173 Å². The molecule has 0 aliphatic carbocycles. The first-order valence-corrected chi connectivity index (χ1v) is 9.36. The lowest BCUT2D eigenvalue weighted by molar-refractivity contribution is -0.140. The summed E-state index contributed by atoms with van der Waals surface area (Å²) in [5, 5.41) is 21.2. The van der Waals surface area contributed by atoms with Crippen molar-refractivity contribution >= 4 is 17.8 Å². The minimum atomic E-state index is -1.25. The van der Waals surface area contributed by atoms with Crippen LogP contribution in [-0.2, 0) is 20.9 Å². The van der Waals surface area contributed by atoms with Gasteiger partial charge in [-0.2, -0.15) is 0 Å². The number of oxazole rings is 1. The van der Waals surface area contributed by atoms with Crippen molar-refractivity contribution in [1.82, 2.24) is 15.2 Å². The minimum Gasteiger partial charge on any atom is -0.511 e. The Morgan fingerprint density at radius 3 is 2.57 bits per heavy atom. The number of carbonyl (C=O) groups is 3. The van der Waals surface area contributed by atoms with E-state index in [4.69, 9.17) is 9.52 Å². The quantitative estimate of drug-likeness (QED) is 0.618. The van der Waals surface area contributed by atoms with Crippen LogP contribution in [0.25, 0.3) is 11.5 Å². The van der Waals surface area contributed by atoms with Gasteiger partial charge in [-0.15, -0.1) is 0 Å². The molecule has 1 aliphatic heterocycles. The highest BCUT2D eigenvalue weighted by molar-refractivity contribution is 6.19. The topological polar surface area (TPSA) is 133 Å². The molecular weight excluding hydrogens is 390 g/mol. The Balaban J connectivity index is 1.88. The molecule has 0 radical (unpaired) electrons. The van der Waals surface area contributed by atoms with Gasteiger partial charge >= 0.3 is 5.97 Å². The highest BCUT2D eigenvalue weighted by atomic mass is 16.4. The molecule has 9 heteroatoms. The van der Waals surface area contributed by atoms with Gasteiger partial charge in [-0.25, -0.2) is 4.98 Å². The van der Waals surface area contributed by atoms with Crippen molar-refractivity contribution in [2.24, 2.45) is 0 Å². The number of nitrogens with one attached hydrogen (secondary N) is 1. The molecule has 1 aromatic carbocycles. The van der Waals surface area contributed by atoms with Gasteiger partial charge in [0.1, 0.15) is 23.6 Å². The highest BCUT2D eigenvalue weighted by Gasteiger charge is 2.43. The number of nitrogens with zero attached hydrogens (tertiary/aromatic N) is 2. The lowest BCUT2D eigenvalue weighted by Gasteiger charge is -2.41. The predicted molar refractivity (Wildman–Crippen MR) is 106 cm³/mol.